The van der Waals surface area contributed by atoms with Gasteiger partial charge in [0.2, 0.25) is 28.6 Å². The molecule has 1 aliphatic heterocycles. The Morgan fingerprint density at radius 1 is 0.854 bits per heavy atom. The molecule has 11 heteroatoms. The van der Waals surface area contributed by atoms with E-state index >= 15 is 0 Å². The van der Waals surface area contributed by atoms with Gasteiger partial charge in [0.05, 0.1) is 12.0 Å². The quantitative estimate of drug-likeness (QED) is 0.187. The third-order valence-electron chi connectivity index (χ3n) is 8.45. The van der Waals surface area contributed by atoms with Crippen molar-refractivity contribution >= 4 is 21.8 Å². The fourth-order valence-electron chi connectivity index (χ4n) is 5.56. The van der Waals surface area contributed by atoms with Crippen LogP contribution >= 0.6 is 0 Å². The molecule has 10 nitrogen and oxygen atoms in total. The molecule has 4 aromatic carbocycles. The first-order valence-electron chi connectivity index (χ1n) is 16.0. The highest BCUT2D eigenvalue weighted by Gasteiger charge is 2.31. The highest BCUT2D eigenvalue weighted by molar-refractivity contribution is 7.89. The van der Waals surface area contributed by atoms with E-state index in [4.69, 9.17) is 14.2 Å². The number of hydrogen-bond donors (Lipinski definition) is 2. The summed E-state index contributed by atoms with van der Waals surface area (Å²) in [5.41, 5.74) is 3.44. The number of fused-ring (bicyclic) bond motifs is 1. The summed E-state index contributed by atoms with van der Waals surface area (Å²) >= 11 is 0. The van der Waals surface area contributed by atoms with Gasteiger partial charge in [0, 0.05) is 32.0 Å². The second-order valence-electron chi connectivity index (χ2n) is 12.0. The van der Waals surface area contributed by atoms with E-state index in [2.05, 4.69) is 10.0 Å². The van der Waals surface area contributed by atoms with Crippen LogP contribution in [0.1, 0.15) is 41.5 Å². The SMILES string of the molecule is COc1ccc(CN(C(=O)CCc2ccc(S(=O)(=O)NC3CC3)cc2)[C@@H](Cc2ccccc2)C(=O)NCc2ccc3c(c2)OCO3)cc1. The molecule has 1 atom stereocenters. The maximum absolute atomic E-state index is 14.1. The Morgan fingerprint density at radius 3 is 2.25 bits per heavy atom. The van der Waals surface area contributed by atoms with Crippen LogP contribution in [0.4, 0.5) is 0 Å². The molecule has 1 aliphatic carbocycles. The predicted molar refractivity (Wildman–Crippen MR) is 180 cm³/mol. The Kier molecular flexibility index (Phi) is 10.3. The topological polar surface area (TPSA) is 123 Å². The summed E-state index contributed by atoms with van der Waals surface area (Å²) in [6.45, 7) is 0.617. The van der Waals surface area contributed by atoms with Gasteiger partial charge in [-0.2, -0.15) is 0 Å². The van der Waals surface area contributed by atoms with Crippen LogP contribution in [0.15, 0.2) is 102 Å². The van der Waals surface area contributed by atoms with Crippen molar-refractivity contribution in [1.29, 1.82) is 0 Å². The summed E-state index contributed by atoms with van der Waals surface area (Å²) in [6.07, 6.45) is 2.53. The molecule has 0 radical (unpaired) electrons. The standard InChI is InChI=1S/C37H39N3O7S/c1-45-31-15-7-28(8-16-31)24-40(36(41)20-12-26-9-17-32(18-10-26)48(43,44)39-30-13-14-30)33(21-27-5-3-2-4-6-27)37(42)38-23-29-11-19-34-35(22-29)47-25-46-34/h2-11,15-19,22,30,33,39H,12-14,20-21,23-25H2,1H3,(H,38,42)/t33-/m0/s1. The highest BCUT2D eigenvalue weighted by Crippen LogP contribution is 2.32. The van der Waals surface area contributed by atoms with Crippen LogP contribution in [0.3, 0.4) is 0 Å². The Labute approximate surface area is 281 Å². The third-order valence-corrected chi connectivity index (χ3v) is 9.98. The number of nitrogens with zero attached hydrogens (tertiary/aromatic N) is 1. The number of sulfonamides is 1. The number of methoxy groups -OCH3 is 1. The highest BCUT2D eigenvalue weighted by atomic mass is 32.2. The minimum atomic E-state index is -3.57. The van der Waals surface area contributed by atoms with Crippen molar-refractivity contribution in [2.75, 3.05) is 13.9 Å². The minimum Gasteiger partial charge on any atom is -0.497 e. The lowest BCUT2D eigenvalue weighted by atomic mass is 10.0. The van der Waals surface area contributed by atoms with Gasteiger partial charge in [-0.05, 0) is 77.9 Å². The van der Waals surface area contributed by atoms with E-state index in [-0.39, 0.29) is 49.1 Å². The molecule has 2 N–H and O–H groups in total. The van der Waals surface area contributed by atoms with Gasteiger partial charge >= 0.3 is 0 Å². The molecule has 2 aliphatic rings. The molecule has 1 heterocycles. The Hall–Kier alpha value is -4.87. The number of rotatable bonds is 15. The number of carbonyl (C=O) groups is 2. The number of benzene rings is 4. The van der Waals surface area contributed by atoms with Crippen LogP contribution in [0, 0.1) is 0 Å². The lowest BCUT2D eigenvalue weighted by Crippen LogP contribution is -2.50. The maximum atomic E-state index is 14.1. The summed E-state index contributed by atoms with van der Waals surface area (Å²) in [6, 6.07) is 28.4. The van der Waals surface area contributed by atoms with E-state index in [1.54, 1.807) is 36.3 Å². The molecule has 6 rings (SSSR count). The van der Waals surface area contributed by atoms with E-state index in [9.17, 15) is 18.0 Å². The van der Waals surface area contributed by atoms with Crippen molar-refractivity contribution in [2.45, 2.75) is 62.2 Å². The Morgan fingerprint density at radius 2 is 1.54 bits per heavy atom. The van der Waals surface area contributed by atoms with Crippen molar-refractivity contribution < 1.29 is 32.2 Å². The third kappa shape index (κ3) is 8.53. The number of amides is 2. The van der Waals surface area contributed by atoms with Crippen molar-refractivity contribution in [2.24, 2.45) is 0 Å². The molecule has 4 aromatic rings. The minimum absolute atomic E-state index is 0.0158. The second-order valence-corrected chi connectivity index (χ2v) is 13.7. The molecule has 1 fully saturated rings. The summed E-state index contributed by atoms with van der Waals surface area (Å²) in [7, 11) is -1.98. The number of aryl methyl sites for hydroxylation is 1. The number of carbonyl (C=O) groups excluding carboxylic acids is 2. The lowest BCUT2D eigenvalue weighted by molar-refractivity contribution is -0.141. The Bertz CT molecular complexity index is 1830. The average Bonchev–Trinajstić information content (AvgIpc) is 3.79. The van der Waals surface area contributed by atoms with Crippen LogP contribution in [0.5, 0.6) is 17.2 Å². The molecule has 0 aromatic heterocycles. The van der Waals surface area contributed by atoms with Crippen molar-refractivity contribution in [3.05, 3.63) is 119 Å². The second kappa shape index (κ2) is 14.9. The summed E-state index contributed by atoms with van der Waals surface area (Å²) < 4.78 is 44.2. The lowest BCUT2D eigenvalue weighted by Gasteiger charge is -2.32. The average molecular weight is 670 g/mol. The largest absolute Gasteiger partial charge is 0.497 e. The van der Waals surface area contributed by atoms with Gasteiger partial charge in [0.1, 0.15) is 11.8 Å². The van der Waals surface area contributed by atoms with Crippen molar-refractivity contribution in [3.63, 3.8) is 0 Å². The van der Waals surface area contributed by atoms with Crippen LogP contribution in [-0.4, -0.2) is 51.1 Å². The molecular weight excluding hydrogens is 630 g/mol. The van der Waals surface area contributed by atoms with Crippen LogP contribution in [-0.2, 0) is 45.5 Å². The zero-order valence-corrected chi connectivity index (χ0v) is 27.6. The molecule has 2 amide bonds. The van der Waals surface area contributed by atoms with Gasteiger partial charge in [0.25, 0.3) is 0 Å². The molecule has 48 heavy (non-hydrogen) atoms. The summed E-state index contributed by atoms with van der Waals surface area (Å²) in [5, 5.41) is 3.05. The first-order chi connectivity index (χ1) is 23.3. The van der Waals surface area contributed by atoms with E-state index < -0.39 is 16.1 Å². The normalized spacial score (nSPS) is 14.3. The first-order valence-corrected chi connectivity index (χ1v) is 17.5. The van der Waals surface area contributed by atoms with Crippen LogP contribution < -0.4 is 24.2 Å². The summed E-state index contributed by atoms with van der Waals surface area (Å²) in [4.78, 5) is 30.0. The Balaban J connectivity index is 1.22. The smallest absolute Gasteiger partial charge is 0.243 e. The molecule has 0 saturated heterocycles. The van der Waals surface area contributed by atoms with E-state index in [0.717, 1.165) is 35.1 Å². The van der Waals surface area contributed by atoms with E-state index in [1.807, 2.05) is 72.8 Å². The van der Waals surface area contributed by atoms with Gasteiger partial charge in [-0.3, -0.25) is 9.59 Å². The molecule has 0 bridgehead atoms. The van der Waals surface area contributed by atoms with Crippen LogP contribution in [0.25, 0.3) is 0 Å². The number of hydrogen-bond acceptors (Lipinski definition) is 7. The van der Waals surface area contributed by atoms with Crippen molar-refractivity contribution in [3.8, 4) is 17.2 Å². The fourth-order valence-corrected chi connectivity index (χ4v) is 6.86. The van der Waals surface area contributed by atoms with Gasteiger partial charge in [-0.15, -0.1) is 0 Å². The van der Waals surface area contributed by atoms with Gasteiger partial charge in [0.15, 0.2) is 11.5 Å². The molecule has 1 saturated carbocycles. The molecule has 0 spiro atoms. The van der Waals surface area contributed by atoms with Crippen molar-refractivity contribution in [1.82, 2.24) is 14.9 Å². The predicted octanol–water partition coefficient (Wildman–Crippen LogP) is 4.75. The van der Waals surface area contributed by atoms with E-state index in [1.165, 1.54) is 0 Å². The number of ether oxygens (including phenoxy) is 3. The zero-order valence-electron chi connectivity index (χ0n) is 26.8. The first kappa shape index (κ1) is 33.0. The monoisotopic (exact) mass is 669 g/mol. The van der Waals surface area contributed by atoms with E-state index in [0.29, 0.717) is 30.1 Å². The molecule has 250 valence electrons. The van der Waals surface area contributed by atoms with Crippen LogP contribution in [0.2, 0.25) is 0 Å². The molecule has 0 unspecified atom stereocenters. The maximum Gasteiger partial charge on any atom is 0.243 e. The number of nitrogens with one attached hydrogen (secondary N) is 2. The van der Waals surface area contributed by atoms with Gasteiger partial charge in [-0.1, -0.05) is 60.7 Å². The zero-order chi connectivity index (χ0) is 33.5. The fraction of sp³-hybridized carbons (Fsp3) is 0.297. The van der Waals surface area contributed by atoms with Gasteiger partial charge < -0.3 is 24.4 Å². The van der Waals surface area contributed by atoms with Gasteiger partial charge in [-0.25, -0.2) is 13.1 Å². The molecular formula is C37H39N3O7S. The summed E-state index contributed by atoms with van der Waals surface area (Å²) in [5.74, 6) is 1.50.